The molecular weight excluding hydrogens is 454 g/mol. The summed E-state index contributed by atoms with van der Waals surface area (Å²) in [5, 5.41) is 13.1. The molecule has 0 bridgehead atoms. The lowest BCUT2D eigenvalue weighted by molar-refractivity contribution is -0.113. The van der Waals surface area contributed by atoms with Crippen LogP contribution in [0.5, 0.6) is 5.75 Å². The van der Waals surface area contributed by atoms with Gasteiger partial charge >= 0.3 is 0 Å². The summed E-state index contributed by atoms with van der Waals surface area (Å²) in [6.45, 7) is 4.88. The van der Waals surface area contributed by atoms with Gasteiger partial charge in [-0.2, -0.15) is 0 Å². The lowest BCUT2D eigenvalue weighted by atomic mass is 10.2. The molecule has 0 radical (unpaired) electrons. The minimum atomic E-state index is -0.140. The highest BCUT2D eigenvalue weighted by atomic mass is 35.5. The van der Waals surface area contributed by atoms with Crippen molar-refractivity contribution in [3.8, 4) is 5.75 Å². The number of amides is 1. The standard InChI is InChI=1S/C21H20ClN5O2S2/c1-3-27-18(11-29-16-10-13(2)8-9-14(16)22)25-26-21(27)30-12-19(28)24-20-23-15-6-4-5-7-17(15)31-20/h4-10H,3,11-12H2,1-2H3,(H,23,24,28). The lowest BCUT2D eigenvalue weighted by Gasteiger charge is -2.10. The van der Waals surface area contributed by atoms with Crippen LogP contribution in [-0.4, -0.2) is 31.4 Å². The summed E-state index contributed by atoms with van der Waals surface area (Å²) in [5.41, 5.74) is 1.94. The molecule has 0 aliphatic rings. The topological polar surface area (TPSA) is 81.9 Å². The second kappa shape index (κ2) is 9.67. The summed E-state index contributed by atoms with van der Waals surface area (Å²) < 4.78 is 8.81. The number of anilines is 1. The monoisotopic (exact) mass is 473 g/mol. The number of carbonyl (C=O) groups excluding carboxylic acids is 1. The van der Waals surface area contributed by atoms with Gasteiger partial charge in [-0.1, -0.05) is 52.9 Å². The van der Waals surface area contributed by atoms with Crippen LogP contribution in [0.3, 0.4) is 0 Å². The molecule has 0 saturated heterocycles. The minimum Gasteiger partial charge on any atom is -0.484 e. The van der Waals surface area contributed by atoms with Gasteiger partial charge < -0.3 is 14.6 Å². The first-order chi connectivity index (χ1) is 15.0. The van der Waals surface area contributed by atoms with Crippen LogP contribution in [-0.2, 0) is 17.9 Å². The van der Waals surface area contributed by atoms with Crippen LogP contribution in [0.25, 0.3) is 10.2 Å². The Morgan fingerprint density at radius 2 is 2.10 bits per heavy atom. The molecule has 31 heavy (non-hydrogen) atoms. The molecular formula is C21H20ClN5O2S2. The number of thioether (sulfide) groups is 1. The second-order valence-electron chi connectivity index (χ2n) is 6.69. The average molecular weight is 474 g/mol. The fraction of sp³-hybridized carbons (Fsp3) is 0.238. The number of halogens is 1. The normalized spacial score (nSPS) is 11.1. The molecule has 0 spiro atoms. The SMILES string of the molecule is CCn1c(COc2cc(C)ccc2Cl)nnc1SCC(=O)Nc1nc2ccccc2s1. The van der Waals surface area contributed by atoms with E-state index in [2.05, 4.69) is 20.5 Å². The average Bonchev–Trinajstić information content (AvgIpc) is 3.35. The van der Waals surface area contributed by atoms with Gasteiger partial charge in [0.2, 0.25) is 5.91 Å². The predicted octanol–water partition coefficient (Wildman–Crippen LogP) is 5.18. The molecule has 2 aromatic heterocycles. The molecule has 2 heterocycles. The quantitative estimate of drug-likeness (QED) is 0.355. The fourth-order valence-corrected chi connectivity index (χ4v) is 4.80. The van der Waals surface area contributed by atoms with Crippen molar-refractivity contribution in [2.24, 2.45) is 0 Å². The van der Waals surface area contributed by atoms with E-state index in [9.17, 15) is 4.79 Å². The van der Waals surface area contributed by atoms with Crippen molar-refractivity contribution in [1.82, 2.24) is 19.7 Å². The molecule has 1 amide bonds. The number of benzene rings is 2. The van der Waals surface area contributed by atoms with Crippen molar-refractivity contribution < 1.29 is 9.53 Å². The minimum absolute atomic E-state index is 0.140. The highest BCUT2D eigenvalue weighted by Crippen LogP contribution is 2.27. The Hall–Kier alpha value is -2.62. The third-order valence-corrected chi connectivity index (χ3v) is 6.66. The molecule has 0 aliphatic heterocycles. The Labute approximate surface area is 192 Å². The maximum absolute atomic E-state index is 12.4. The number of rotatable bonds is 8. The number of nitrogens with zero attached hydrogens (tertiary/aromatic N) is 4. The van der Waals surface area contributed by atoms with E-state index in [1.54, 1.807) is 0 Å². The van der Waals surface area contributed by atoms with Crippen LogP contribution in [0.1, 0.15) is 18.3 Å². The van der Waals surface area contributed by atoms with Gasteiger partial charge in [0, 0.05) is 6.54 Å². The van der Waals surface area contributed by atoms with E-state index >= 15 is 0 Å². The maximum Gasteiger partial charge on any atom is 0.236 e. The Balaban J connectivity index is 1.36. The Morgan fingerprint density at radius 1 is 1.26 bits per heavy atom. The maximum atomic E-state index is 12.4. The van der Waals surface area contributed by atoms with E-state index in [-0.39, 0.29) is 18.3 Å². The van der Waals surface area contributed by atoms with Gasteiger partial charge in [-0.3, -0.25) is 4.79 Å². The zero-order valence-electron chi connectivity index (χ0n) is 17.0. The molecule has 0 aliphatic carbocycles. The number of aryl methyl sites for hydroxylation is 1. The van der Waals surface area contributed by atoms with Gasteiger partial charge in [0.25, 0.3) is 0 Å². The molecule has 2 aromatic carbocycles. The summed E-state index contributed by atoms with van der Waals surface area (Å²) in [7, 11) is 0. The number of carbonyl (C=O) groups is 1. The van der Waals surface area contributed by atoms with Crippen molar-refractivity contribution in [3.05, 3.63) is 58.9 Å². The summed E-state index contributed by atoms with van der Waals surface area (Å²) in [6, 6.07) is 13.4. The van der Waals surface area contributed by atoms with E-state index < -0.39 is 0 Å². The second-order valence-corrected chi connectivity index (χ2v) is 9.07. The van der Waals surface area contributed by atoms with Crippen molar-refractivity contribution in [2.75, 3.05) is 11.1 Å². The molecule has 0 fully saturated rings. The van der Waals surface area contributed by atoms with Crippen LogP contribution in [0.2, 0.25) is 5.02 Å². The van der Waals surface area contributed by atoms with E-state index in [1.165, 1.54) is 23.1 Å². The van der Waals surface area contributed by atoms with Gasteiger partial charge in [0.05, 0.1) is 21.0 Å². The number of para-hydroxylation sites is 1. The molecule has 0 unspecified atom stereocenters. The first kappa shape index (κ1) is 21.6. The van der Waals surface area contributed by atoms with Crippen LogP contribution in [0.15, 0.2) is 47.6 Å². The highest BCUT2D eigenvalue weighted by molar-refractivity contribution is 7.99. The Kier molecular flexibility index (Phi) is 6.74. The highest BCUT2D eigenvalue weighted by Gasteiger charge is 2.15. The van der Waals surface area contributed by atoms with E-state index in [0.717, 1.165) is 15.8 Å². The third-order valence-electron chi connectivity index (χ3n) is 4.43. The summed E-state index contributed by atoms with van der Waals surface area (Å²) in [5.74, 6) is 1.35. The summed E-state index contributed by atoms with van der Waals surface area (Å²) in [4.78, 5) is 16.8. The summed E-state index contributed by atoms with van der Waals surface area (Å²) in [6.07, 6.45) is 0. The van der Waals surface area contributed by atoms with Gasteiger partial charge in [0.15, 0.2) is 16.1 Å². The van der Waals surface area contributed by atoms with Crippen molar-refractivity contribution >= 4 is 56.0 Å². The number of fused-ring (bicyclic) bond motifs is 1. The van der Waals surface area contributed by atoms with Crippen LogP contribution in [0.4, 0.5) is 5.13 Å². The van der Waals surface area contributed by atoms with Crippen LogP contribution < -0.4 is 10.1 Å². The Morgan fingerprint density at radius 3 is 2.90 bits per heavy atom. The van der Waals surface area contributed by atoms with Gasteiger partial charge in [-0.25, -0.2) is 4.98 Å². The summed E-state index contributed by atoms with van der Waals surface area (Å²) >= 11 is 8.98. The molecule has 4 aromatic rings. The first-order valence-corrected chi connectivity index (χ1v) is 11.8. The lowest BCUT2D eigenvalue weighted by Crippen LogP contribution is -2.14. The van der Waals surface area contributed by atoms with Gasteiger partial charge in [-0.15, -0.1) is 10.2 Å². The first-order valence-electron chi connectivity index (χ1n) is 9.62. The molecule has 7 nitrogen and oxygen atoms in total. The van der Waals surface area contributed by atoms with Gasteiger partial charge in [-0.05, 0) is 43.7 Å². The van der Waals surface area contributed by atoms with Crippen molar-refractivity contribution in [1.29, 1.82) is 0 Å². The molecule has 4 rings (SSSR count). The van der Waals surface area contributed by atoms with Gasteiger partial charge in [0.1, 0.15) is 12.4 Å². The van der Waals surface area contributed by atoms with Crippen LogP contribution in [0, 0.1) is 6.92 Å². The molecule has 1 N–H and O–H groups in total. The number of hydrogen-bond acceptors (Lipinski definition) is 7. The van der Waals surface area contributed by atoms with E-state index in [1.807, 2.05) is 60.9 Å². The van der Waals surface area contributed by atoms with Crippen molar-refractivity contribution in [3.63, 3.8) is 0 Å². The number of thiazole rings is 1. The molecule has 10 heteroatoms. The fourth-order valence-electron chi connectivity index (χ4n) is 2.92. The zero-order valence-corrected chi connectivity index (χ0v) is 19.4. The smallest absolute Gasteiger partial charge is 0.236 e. The van der Waals surface area contributed by atoms with E-state index in [4.69, 9.17) is 16.3 Å². The third kappa shape index (κ3) is 5.17. The molecule has 160 valence electrons. The largest absolute Gasteiger partial charge is 0.484 e. The number of ether oxygens (including phenoxy) is 1. The predicted molar refractivity (Wildman–Crippen MR) is 125 cm³/mol. The number of nitrogens with one attached hydrogen (secondary N) is 1. The van der Waals surface area contributed by atoms with Crippen LogP contribution >= 0.6 is 34.7 Å². The zero-order chi connectivity index (χ0) is 21.8. The van der Waals surface area contributed by atoms with Crippen molar-refractivity contribution in [2.45, 2.75) is 32.2 Å². The van der Waals surface area contributed by atoms with E-state index in [0.29, 0.717) is 33.4 Å². The Bertz CT molecular complexity index is 1190. The molecule has 0 atom stereocenters. The molecule has 0 saturated carbocycles. The number of hydrogen-bond donors (Lipinski definition) is 1. The number of aromatic nitrogens is 4.